The van der Waals surface area contributed by atoms with Crippen LogP contribution in [-0.4, -0.2) is 38.4 Å². The van der Waals surface area contributed by atoms with Crippen LogP contribution in [0.4, 0.5) is 0 Å². The topological polar surface area (TPSA) is 33.3 Å². The molecule has 1 aliphatic heterocycles. The van der Waals surface area contributed by atoms with Crippen LogP contribution in [0.25, 0.3) is 0 Å². The van der Waals surface area contributed by atoms with Gasteiger partial charge in [0.05, 0.1) is 5.60 Å². The highest BCUT2D eigenvalue weighted by Crippen LogP contribution is 2.34. The van der Waals surface area contributed by atoms with Gasteiger partial charge in [-0.2, -0.15) is 0 Å². The minimum Gasteiger partial charge on any atom is -0.377 e. The quantitative estimate of drug-likeness (QED) is 0.736. The maximum atomic E-state index is 5.62. The van der Waals surface area contributed by atoms with Crippen molar-refractivity contribution in [3.05, 3.63) is 0 Å². The zero-order chi connectivity index (χ0) is 10.6. The second-order valence-electron chi connectivity index (χ2n) is 5.00. The number of methoxy groups -OCH3 is 1. The predicted molar refractivity (Wildman–Crippen MR) is 62.1 cm³/mol. The SMILES string of the molecule is COC1(CNC2CCCNCC2)CCC1. The zero-order valence-corrected chi connectivity index (χ0v) is 9.85. The maximum absolute atomic E-state index is 5.62. The lowest BCUT2D eigenvalue weighted by Crippen LogP contribution is -2.50. The maximum Gasteiger partial charge on any atom is 0.0802 e. The summed E-state index contributed by atoms with van der Waals surface area (Å²) in [4.78, 5) is 0. The second-order valence-corrected chi connectivity index (χ2v) is 5.00. The van der Waals surface area contributed by atoms with Crippen molar-refractivity contribution < 1.29 is 4.74 Å². The molecule has 0 aromatic carbocycles. The number of nitrogens with one attached hydrogen (secondary N) is 2. The fraction of sp³-hybridized carbons (Fsp3) is 1.00. The third-order valence-corrected chi connectivity index (χ3v) is 3.99. The molecule has 88 valence electrons. The molecular formula is C12H24N2O. The molecule has 2 fully saturated rings. The van der Waals surface area contributed by atoms with Crippen molar-refractivity contribution in [3.8, 4) is 0 Å². The van der Waals surface area contributed by atoms with Crippen LogP contribution >= 0.6 is 0 Å². The first kappa shape index (κ1) is 11.4. The summed E-state index contributed by atoms with van der Waals surface area (Å²) < 4.78 is 5.62. The lowest BCUT2D eigenvalue weighted by Gasteiger charge is -2.41. The van der Waals surface area contributed by atoms with Crippen LogP contribution in [0, 0.1) is 0 Å². The van der Waals surface area contributed by atoms with Crippen LogP contribution < -0.4 is 10.6 Å². The van der Waals surface area contributed by atoms with Gasteiger partial charge < -0.3 is 15.4 Å². The highest BCUT2D eigenvalue weighted by molar-refractivity contribution is 4.92. The molecule has 2 aliphatic rings. The molecule has 2 rings (SSSR count). The van der Waals surface area contributed by atoms with E-state index in [0.29, 0.717) is 6.04 Å². The molecule has 0 bridgehead atoms. The van der Waals surface area contributed by atoms with Crippen molar-refractivity contribution in [2.45, 2.75) is 50.2 Å². The Morgan fingerprint density at radius 2 is 2.13 bits per heavy atom. The van der Waals surface area contributed by atoms with Gasteiger partial charge >= 0.3 is 0 Å². The molecule has 1 unspecified atom stereocenters. The van der Waals surface area contributed by atoms with Crippen molar-refractivity contribution >= 4 is 0 Å². The monoisotopic (exact) mass is 212 g/mol. The van der Waals surface area contributed by atoms with Crippen molar-refractivity contribution in [1.82, 2.24) is 10.6 Å². The van der Waals surface area contributed by atoms with E-state index >= 15 is 0 Å². The van der Waals surface area contributed by atoms with Crippen LogP contribution in [0.3, 0.4) is 0 Å². The Morgan fingerprint density at radius 3 is 2.80 bits per heavy atom. The summed E-state index contributed by atoms with van der Waals surface area (Å²) in [5.74, 6) is 0. The van der Waals surface area contributed by atoms with E-state index in [1.165, 1.54) is 45.1 Å². The number of rotatable bonds is 4. The van der Waals surface area contributed by atoms with E-state index in [1.807, 2.05) is 7.11 Å². The van der Waals surface area contributed by atoms with Crippen molar-refractivity contribution in [1.29, 1.82) is 0 Å². The first-order valence-electron chi connectivity index (χ1n) is 6.34. The van der Waals surface area contributed by atoms with Gasteiger partial charge in [0.15, 0.2) is 0 Å². The molecule has 2 N–H and O–H groups in total. The number of hydrogen-bond acceptors (Lipinski definition) is 3. The molecule has 0 amide bonds. The molecule has 0 spiro atoms. The van der Waals surface area contributed by atoms with E-state index in [1.54, 1.807) is 0 Å². The van der Waals surface area contributed by atoms with Crippen LogP contribution in [0.15, 0.2) is 0 Å². The summed E-state index contributed by atoms with van der Waals surface area (Å²) in [7, 11) is 1.86. The fourth-order valence-corrected chi connectivity index (χ4v) is 2.58. The summed E-state index contributed by atoms with van der Waals surface area (Å²) in [6.45, 7) is 3.40. The summed E-state index contributed by atoms with van der Waals surface area (Å²) in [5.41, 5.74) is 0.180. The third-order valence-electron chi connectivity index (χ3n) is 3.99. The zero-order valence-electron chi connectivity index (χ0n) is 9.85. The second kappa shape index (κ2) is 5.28. The molecule has 1 atom stereocenters. The Bertz CT molecular complexity index is 179. The van der Waals surface area contributed by atoms with E-state index in [2.05, 4.69) is 10.6 Å². The Balaban J connectivity index is 1.71. The van der Waals surface area contributed by atoms with E-state index in [-0.39, 0.29) is 5.60 Å². The molecule has 0 radical (unpaired) electrons. The first-order valence-corrected chi connectivity index (χ1v) is 6.34. The predicted octanol–water partition coefficient (Wildman–Crippen LogP) is 1.29. The Kier molecular flexibility index (Phi) is 4.00. The molecule has 1 saturated heterocycles. The van der Waals surface area contributed by atoms with Crippen molar-refractivity contribution in [3.63, 3.8) is 0 Å². The molecule has 0 aromatic rings. The van der Waals surface area contributed by atoms with E-state index in [0.717, 1.165) is 13.1 Å². The summed E-state index contributed by atoms with van der Waals surface area (Å²) >= 11 is 0. The van der Waals surface area contributed by atoms with Gasteiger partial charge in [-0.05, 0) is 51.6 Å². The van der Waals surface area contributed by atoms with Crippen LogP contribution in [-0.2, 0) is 4.74 Å². The third kappa shape index (κ3) is 2.92. The van der Waals surface area contributed by atoms with Crippen LogP contribution in [0.5, 0.6) is 0 Å². The highest BCUT2D eigenvalue weighted by atomic mass is 16.5. The minimum atomic E-state index is 0.180. The molecular weight excluding hydrogens is 188 g/mol. The van der Waals surface area contributed by atoms with Gasteiger partial charge in [-0.1, -0.05) is 0 Å². The lowest BCUT2D eigenvalue weighted by atomic mass is 9.79. The molecule has 1 aliphatic carbocycles. The van der Waals surface area contributed by atoms with Crippen molar-refractivity contribution in [2.75, 3.05) is 26.7 Å². The summed E-state index contributed by atoms with van der Waals surface area (Å²) in [5, 5.41) is 7.14. The van der Waals surface area contributed by atoms with Crippen molar-refractivity contribution in [2.24, 2.45) is 0 Å². The number of hydrogen-bond donors (Lipinski definition) is 2. The smallest absolute Gasteiger partial charge is 0.0802 e. The van der Waals surface area contributed by atoms with Crippen LogP contribution in [0.1, 0.15) is 38.5 Å². The van der Waals surface area contributed by atoms with Gasteiger partial charge in [0.1, 0.15) is 0 Å². The normalized spacial score (nSPS) is 30.6. The minimum absolute atomic E-state index is 0.180. The van der Waals surface area contributed by atoms with Gasteiger partial charge in [-0.25, -0.2) is 0 Å². The standard InChI is InChI=1S/C12H24N2O/c1-15-12(6-3-7-12)10-14-11-4-2-8-13-9-5-11/h11,13-14H,2-10H2,1H3. The lowest BCUT2D eigenvalue weighted by molar-refractivity contribution is -0.0710. The van der Waals surface area contributed by atoms with Gasteiger partial charge in [0, 0.05) is 19.7 Å². The summed E-state index contributed by atoms with van der Waals surface area (Å²) in [6, 6.07) is 0.702. The van der Waals surface area contributed by atoms with Crippen LogP contribution in [0.2, 0.25) is 0 Å². The molecule has 1 saturated carbocycles. The average molecular weight is 212 g/mol. The molecule has 3 nitrogen and oxygen atoms in total. The summed E-state index contributed by atoms with van der Waals surface area (Å²) in [6.07, 6.45) is 7.69. The van der Waals surface area contributed by atoms with Gasteiger partial charge in [0.2, 0.25) is 0 Å². The van der Waals surface area contributed by atoms with E-state index < -0.39 is 0 Å². The van der Waals surface area contributed by atoms with E-state index in [4.69, 9.17) is 4.74 Å². The average Bonchev–Trinajstić information content (AvgIpc) is 2.45. The largest absolute Gasteiger partial charge is 0.377 e. The molecule has 15 heavy (non-hydrogen) atoms. The molecule has 3 heteroatoms. The Labute approximate surface area is 93.0 Å². The van der Waals surface area contributed by atoms with Gasteiger partial charge in [-0.3, -0.25) is 0 Å². The molecule has 0 aromatic heterocycles. The van der Waals surface area contributed by atoms with Gasteiger partial charge in [0.25, 0.3) is 0 Å². The first-order chi connectivity index (χ1) is 7.35. The van der Waals surface area contributed by atoms with Gasteiger partial charge in [-0.15, -0.1) is 0 Å². The molecule has 1 heterocycles. The fourth-order valence-electron chi connectivity index (χ4n) is 2.58. The Morgan fingerprint density at radius 1 is 1.27 bits per heavy atom. The van der Waals surface area contributed by atoms with E-state index in [9.17, 15) is 0 Å². The Hall–Kier alpha value is -0.120. The highest BCUT2D eigenvalue weighted by Gasteiger charge is 2.37. The number of ether oxygens (including phenoxy) is 1.